The van der Waals surface area contributed by atoms with E-state index in [4.69, 9.17) is 0 Å². The van der Waals surface area contributed by atoms with Crippen molar-refractivity contribution in [3.63, 3.8) is 0 Å². The van der Waals surface area contributed by atoms with E-state index >= 15 is 0 Å². The molecule has 110 valence electrons. The van der Waals surface area contributed by atoms with Gasteiger partial charge >= 0.3 is 0 Å². The van der Waals surface area contributed by atoms with Crippen molar-refractivity contribution in [2.24, 2.45) is 17.3 Å². The number of likely N-dealkylation sites (tertiary alicyclic amines) is 1. The van der Waals surface area contributed by atoms with E-state index in [1.807, 2.05) is 0 Å². The lowest BCUT2D eigenvalue weighted by atomic mass is 9.77. The molecule has 19 heavy (non-hydrogen) atoms. The van der Waals surface area contributed by atoms with Gasteiger partial charge in [0.25, 0.3) is 0 Å². The Morgan fingerprint density at radius 3 is 2.47 bits per heavy atom. The Morgan fingerprint density at radius 1 is 1.16 bits per heavy atom. The van der Waals surface area contributed by atoms with Gasteiger partial charge in [-0.1, -0.05) is 20.8 Å². The van der Waals surface area contributed by atoms with Gasteiger partial charge in [0.05, 0.1) is 0 Å². The molecule has 0 radical (unpaired) electrons. The van der Waals surface area contributed by atoms with Crippen LogP contribution >= 0.6 is 0 Å². The third kappa shape index (κ3) is 4.20. The normalized spacial score (nSPS) is 27.4. The van der Waals surface area contributed by atoms with Crippen LogP contribution in [-0.4, -0.2) is 37.0 Å². The van der Waals surface area contributed by atoms with Crippen molar-refractivity contribution in [2.75, 3.05) is 26.2 Å². The zero-order chi connectivity index (χ0) is 13.9. The number of amides is 1. The minimum atomic E-state index is 0.338. The standard InChI is InChI=1S/C16H30N2O/c1-16(2,3)14-4-5-15(19)18(11-8-14)12-13-6-9-17-10-7-13/h13-14,17H,4-12H2,1-3H3. The molecule has 1 unspecified atom stereocenters. The number of hydrogen-bond donors (Lipinski definition) is 1. The number of hydrogen-bond acceptors (Lipinski definition) is 2. The van der Waals surface area contributed by atoms with Crippen molar-refractivity contribution >= 4 is 5.91 Å². The van der Waals surface area contributed by atoms with Crippen molar-refractivity contribution in [2.45, 2.75) is 52.9 Å². The summed E-state index contributed by atoms with van der Waals surface area (Å²) in [5.74, 6) is 1.80. The number of nitrogens with one attached hydrogen (secondary N) is 1. The van der Waals surface area contributed by atoms with E-state index in [0.29, 0.717) is 17.2 Å². The highest BCUT2D eigenvalue weighted by atomic mass is 16.2. The summed E-state index contributed by atoms with van der Waals surface area (Å²) in [5, 5.41) is 3.40. The van der Waals surface area contributed by atoms with E-state index in [2.05, 4.69) is 31.0 Å². The molecule has 1 atom stereocenters. The summed E-state index contributed by atoms with van der Waals surface area (Å²) in [5.41, 5.74) is 0.338. The molecule has 0 aromatic heterocycles. The highest BCUT2D eigenvalue weighted by Crippen LogP contribution is 2.34. The second kappa shape index (κ2) is 6.25. The highest BCUT2D eigenvalue weighted by molar-refractivity contribution is 5.76. The lowest BCUT2D eigenvalue weighted by Gasteiger charge is -2.31. The molecule has 2 heterocycles. The molecule has 3 heteroatoms. The first-order valence-corrected chi connectivity index (χ1v) is 7.95. The van der Waals surface area contributed by atoms with Crippen molar-refractivity contribution in [1.82, 2.24) is 10.2 Å². The maximum Gasteiger partial charge on any atom is 0.222 e. The summed E-state index contributed by atoms with van der Waals surface area (Å²) in [7, 11) is 0. The maximum absolute atomic E-state index is 12.3. The van der Waals surface area contributed by atoms with E-state index in [1.54, 1.807) is 0 Å². The first kappa shape index (κ1) is 14.8. The molecular formula is C16H30N2O. The van der Waals surface area contributed by atoms with Gasteiger partial charge in [0.1, 0.15) is 0 Å². The number of carbonyl (C=O) groups is 1. The van der Waals surface area contributed by atoms with Gasteiger partial charge in [-0.25, -0.2) is 0 Å². The second-order valence-corrected chi connectivity index (χ2v) is 7.42. The number of nitrogens with zero attached hydrogens (tertiary/aromatic N) is 1. The quantitative estimate of drug-likeness (QED) is 0.833. The van der Waals surface area contributed by atoms with E-state index < -0.39 is 0 Å². The van der Waals surface area contributed by atoms with Gasteiger partial charge in [-0.05, 0) is 56.0 Å². The monoisotopic (exact) mass is 266 g/mol. The largest absolute Gasteiger partial charge is 0.342 e. The molecule has 2 fully saturated rings. The summed E-state index contributed by atoms with van der Waals surface area (Å²) in [6.07, 6.45) is 5.47. The molecule has 2 rings (SSSR count). The molecule has 2 aliphatic rings. The first-order valence-electron chi connectivity index (χ1n) is 7.95. The highest BCUT2D eigenvalue weighted by Gasteiger charge is 2.30. The Morgan fingerprint density at radius 2 is 1.84 bits per heavy atom. The van der Waals surface area contributed by atoms with Crippen LogP contribution in [0.3, 0.4) is 0 Å². The summed E-state index contributed by atoms with van der Waals surface area (Å²) >= 11 is 0. The first-order chi connectivity index (χ1) is 8.97. The van der Waals surface area contributed by atoms with E-state index in [0.717, 1.165) is 44.9 Å². The summed E-state index contributed by atoms with van der Waals surface area (Å²) in [6.45, 7) is 11.1. The van der Waals surface area contributed by atoms with Gasteiger partial charge in [-0.2, -0.15) is 0 Å². The van der Waals surface area contributed by atoms with Gasteiger partial charge in [0.15, 0.2) is 0 Å². The van der Waals surface area contributed by atoms with Crippen LogP contribution in [0.1, 0.15) is 52.9 Å². The van der Waals surface area contributed by atoms with Gasteiger partial charge in [0.2, 0.25) is 5.91 Å². The van der Waals surface area contributed by atoms with Crippen LogP contribution in [0, 0.1) is 17.3 Å². The Labute approximate surface area is 118 Å². The Bertz CT molecular complexity index is 302. The second-order valence-electron chi connectivity index (χ2n) is 7.42. The van der Waals surface area contributed by atoms with Gasteiger partial charge in [-0.3, -0.25) is 4.79 Å². The summed E-state index contributed by atoms with van der Waals surface area (Å²) in [4.78, 5) is 14.4. The van der Waals surface area contributed by atoms with Crippen LogP contribution in [0.2, 0.25) is 0 Å². The molecule has 0 bridgehead atoms. The topological polar surface area (TPSA) is 32.3 Å². The average Bonchev–Trinajstić information content (AvgIpc) is 2.53. The molecule has 0 aromatic rings. The van der Waals surface area contributed by atoms with Gasteiger partial charge in [0, 0.05) is 19.5 Å². The molecule has 3 nitrogen and oxygen atoms in total. The van der Waals surface area contributed by atoms with Crippen molar-refractivity contribution in [1.29, 1.82) is 0 Å². The fraction of sp³-hybridized carbons (Fsp3) is 0.938. The van der Waals surface area contributed by atoms with Crippen LogP contribution < -0.4 is 5.32 Å². The van der Waals surface area contributed by atoms with Crippen molar-refractivity contribution < 1.29 is 4.79 Å². The van der Waals surface area contributed by atoms with Crippen LogP contribution in [0.5, 0.6) is 0 Å². The molecule has 2 saturated heterocycles. The van der Waals surface area contributed by atoms with E-state index in [1.165, 1.54) is 19.3 Å². The minimum Gasteiger partial charge on any atom is -0.342 e. The molecule has 1 amide bonds. The molecule has 0 aliphatic carbocycles. The predicted octanol–water partition coefficient (Wildman–Crippen LogP) is 2.66. The maximum atomic E-state index is 12.3. The number of piperidine rings is 1. The Kier molecular flexibility index (Phi) is 4.88. The van der Waals surface area contributed by atoms with Crippen LogP contribution in [0.4, 0.5) is 0 Å². The third-order valence-corrected chi connectivity index (χ3v) is 4.97. The van der Waals surface area contributed by atoms with Gasteiger partial charge < -0.3 is 10.2 Å². The van der Waals surface area contributed by atoms with Crippen molar-refractivity contribution in [3.05, 3.63) is 0 Å². The van der Waals surface area contributed by atoms with Crippen LogP contribution in [0.15, 0.2) is 0 Å². The van der Waals surface area contributed by atoms with E-state index in [-0.39, 0.29) is 0 Å². The minimum absolute atomic E-state index is 0.338. The lowest BCUT2D eigenvalue weighted by Crippen LogP contribution is -2.39. The zero-order valence-electron chi connectivity index (χ0n) is 12.9. The molecular weight excluding hydrogens is 236 g/mol. The molecule has 1 N–H and O–H groups in total. The fourth-order valence-electron chi connectivity index (χ4n) is 3.47. The average molecular weight is 266 g/mol. The molecule has 2 aliphatic heterocycles. The van der Waals surface area contributed by atoms with Gasteiger partial charge in [-0.15, -0.1) is 0 Å². The molecule has 0 spiro atoms. The van der Waals surface area contributed by atoms with Crippen LogP contribution in [0.25, 0.3) is 0 Å². The SMILES string of the molecule is CC(C)(C)C1CCC(=O)N(CC2CCNCC2)CC1. The lowest BCUT2D eigenvalue weighted by molar-refractivity contribution is -0.131. The predicted molar refractivity (Wildman–Crippen MR) is 79.0 cm³/mol. The summed E-state index contributed by atoms with van der Waals surface area (Å²) in [6, 6.07) is 0. The van der Waals surface area contributed by atoms with Crippen molar-refractivity contribution in [3.8, 4) is 0 Å². The third-order valence-electron chi connectivity index (χ3n) is 4.97. The smallest absolute Gasteiger partial charge is 0.222 e. The Balaban J connectivity index is 1.89. The fourth-order valence-corrected chi connectivity index (χ4v) is 3.47. The molecule has 0 aromatic carbocycles. The molecule has 0 saturated carbocycles. The Hall–Kier alpha value is -0.570. The number of carbonyl (C=O) groups excluding carboxylic acids is 1. The van der Waals surface area contributed by atoms with Crippen LogP contribution in [-0.2, 0) is 4.79 Å². The summed E-state index contributed by atoms with van der Waals surface area (Å²) < 4.78 is 0. The number of rotatable bonds is 2. The zero-order valence-corrected chi connectivity index (χ0v) is 12.9. The van der Waals surface area contributed by atoms with E-state index in [9.17, 15) is 4.79 Å².